The van der Waals surface area contributed by atoms with E-state index in [0.717, 1.165) is 61.3 Å². The van der Waals surface area contributed by atoms with Crippen LogP contribution < -0.4 is 14.8 Å². The normalized spacial score (nSPS) is 21.6. The minimum absolute atomic E-state index is 0.173. The smallest absolute Gasteiger partial charge is 0.234 e. The first-order valence-electron chi connectivity index (χ1n) is 12.8. The van der Waals surface area contributed by atoms with E-state index in [-0.39, 0.29) is 6.10 Å². The van der Waals surface area contributed by atoms with Gasteiger partial charge in [0.15, 0.2) is 0 Å². The zero-order chi connectivity index (χ0) is 22.9. The van der Waals surface area contributed by atoms with Crippen LogP contribution >= 0.6 is 0 Å². The number of aromatic nitrogens is 2. The van der Waals surface area contributed by atoms with Gasteiger partial charge in [-0.15, -0.1) is 5.10 Å². The first-order valence-corrected chi connectivity index (χ1v) is 12.8. The van der Waals surface area contributed by atoms with E-state index in [9.17, 15) is 0 Å². The summed E-state index contributed by atoms with van der Waals surface area (Å²) in [4.78, 5) is 0. The number of rotatable bonds is 10. The molecule has 1 N–H and O–H groups in total. The van der Waals surface area contributed by atoms with Crippen LogP contribution in [0, 0.1) is 5.92 Å². The summed E-state index contributed by atoms with van der Waals surface area (Å²) >= 11 is 0. The Balaban J connectivity index is 1.47. The van der Waals surface area contributed by atoms with Crippen molar-refractivity contribution >= 4 is 0 Å². The van der Waals surface area contributed by atoms with Gasteiger partial charge in [0.2, 0.25) is 5.88 Å². The molecule has 6 heteroatoms. The molecule has 2 aromatic rings. The molecular weight excluding hydrogens is 414 g/mol. The number of unbranched alkanes of at least 4 members (excludes halogenated alkanes) is 1. The Morgan fingerprint density at radius 1 is 1.03 bits per heavy atom. The fourth-order valence-electron chi connectivity index (χ4n) is 4.88. The van der Waals surface area contributed by atoms with Gasteiger partial charge in [0.05, 0.1) is 24.5 Å². The van der Waals surface area contributed by atoms with E-state index in [0.29, 0.717) is 24.5 Å². The van der Waals surface area contributed by atoms with E-state index in [1.54, 1.807) is 7.11 Å². The van der Waals surface area contributed by atoms with Crippen molar-refractivity contribution < 1.29 is 14.2 Å². The maximum absolute atomic E-state index is 6.22. The molecule has 0 bridgehead atoms. The van der Waals surface area contributed by atoms with Crippen LogP contribution in [0.25, 0.3) is 11.1 Å². The van der Waals surface area contributed by atoms with Crippen LogP contribution in [-0.2, 0) is 11.2 Å². The number of benzene rings is 1. The second-order valence-corrected chi connectivity index (χ2v) is 9.39. The lowest BCUT2D eigenvalue weighted by atomic mass is 9.96. The molecule has 1 aliphatic heterocycles. The molecule has 6 nitrogen and oxygen atoms in total. The Labute approximate surface area is 198 Å². The minimum atomic E-state index is 0.173. The first kappa shape index (κ1) is 24.0. The second-order valence-electron chi connectivity index (χ2n) is 9.39. The maximum atomic E-state index is 6.22. The summed E-state index contributed by atoms with van der Waals surface area (Å²) in [5, 5.41) is 12.3. The molecule has 1 saturated heterocycles. The Morgan fingerprint density at radius 3 is 2.61 bits per heavy atom. The molecule has 4 rings (SSSR count). The third-order valence-corrected chi connectivity index (χ3v) is 6.95. The minimum Gasteiger partial charge on any atom is -0.490 e. The highest BCUT2D eigenvalue weighted by molar-refractivity contribution is 5.67. The molecule has 2 fully saturated rings. The van der Waals surface area contributed by atoms with Crippen molar-refractivity contribution in [3.05, 3.63) is 36.0 Å². The Kier molecular flexibility index (Phi) is 8.95. The Morgan fingerprint density at radius 2 is 1.85 bits per heavy atom. The number of piperidine rings is 1. The van der Waals surface area contributed by atoms with E-state index in [1.807, 2.05) is 0 Å². The molecule has 0 radical (unpaired) electrons. The van der Waals surface area contributed by atoms with Gasteiger partial charge in [0.25, 0.3) is 0 Å². The molecule has 1 aromatic carbocycles. The van der Waals surface area contributed by atoms with Crippen LogP contribution in [0.2, 0.25) is 0 Å². The highest BCUT2D eigenvalue weighted by Gasteiger charge is 2.25. The summed E-state index contributed by atoms with van der Waals surface area (Å²) in [5.41, 5.74) is 3.27. The molecule has 0 unspecified atom stereocenters. The molecule has 2 aliphatic rings. The van der Waals surface area contributed by atoms with Gasteiger partial charge in [0, 0.05) is 31.2 Å². The van der Waals surface area contributed by atoms with E-state index < -0.39 is 0 Å². The third-order valence-electron chi connectivity index (χ3n) is 6.95. The number of nitrogens with one attached hydrogen (secondary N) is 1. The van der Waals surface area contributed by atoms with Crippen molar-refractivity contribution in [1.82, 2.24) is 15.5 Å². The van der Waals surface area contributed by atoms with Crippen LogP contribution in [-0.4, -0.2) is 49.2 Å². The number of aryl methyl sites for hydroxylation is 1. The molecule has 2 heterocycles. The molecule has 1 aromatic heterocycles. The third kappa shape index (κ3) is 6.67. The highest BCUT2D eigenvalue weighted by atomic mass is 16.5. The van der Waals surface area contributed by atoms with Crippen molar-refractivity contribution in [3.63, 3.8) is 0 Å². The summed E-state index contributed by atoms with van der Waals surface area (Å²) in [5.74, 6) is 1.90. The number of hydrogen-bond acceptors (Lipinski definition) is 6. The number of hydrogen-bond donors (Lipinski definition) is 1. The summed E-state index contributed by atoms with van der Waals surface area (Å²) in [6.07, 6.45) is 10.9. The van der Waals surface area contributed by atoms with Gasteiger partial charge in [-0.25, -0.2) is 0 Å². The maximum Gasteiger partial charge on any atom is 0.234 e. The zero-order valence-electron chi connectivity index (χ0n) is 20.2. The van der Waals surface area contributed by atoms with Gasteiger partial charge in [-0.2, -0.15) is 5.10 Å². The van der Waals surface area contributed by atoms with Crippen molar-refractivity contribution in [2.75, 3.05) is 26.8 Å². The van der Waals surface area contributed by atoms with Crippen LogP contribution in [0.5, 0.6) is 11.6 Å². The van der Waals surface area contributed by atoms with Gasteiger partial charge in [-0.1, -0.05) is 31.9 Å². The van der Waals surface area contributed by atoms with E-state index in [2.05, 4.69) is 52.8 Å². The molecule has 0 amide bonds. The summed E-state index contributed by atoms with van der Waals surface area (Å²) < 4.78 is 18.0. The van der Waals surface area contributed by atoms with Crippen molar-refractivity contribution in [2.45, 2.75) is 76.9 Å². The summed E-state index contributed by atoms with van der Waals surface area (Å²) in [6, 6.07) is 10.5. The van der Waals surface area contributed by atoms with Crippen LogP contribution in [0.1, 0.15) is 64.0 Å². The van der Waals surface area contributed by atoms with E-state index in [4.69, 9.17) is 14.2 Å². The van der Waals surface area contributed by atoms with Crippen molar-refractivity contribution in [3.8, 4) is 22.8 Å². The van der Waals surface area contributed by atoms with Gasteiger partial charge >= 0.3 is 0 Å². The molecular formula is C27H39N3O3. The zero-order valence-corrected chi connectivity index (χ0v) is 20.2. The molecule has 33 heavy (non-hydrogen) atoms. The summed E-state index contributed by atoms with van der Waals surface area (Å²) in [7, 11) is 1.77. The lowest BCUT2D eigenvalue weighted by Crippen LogP contribution is -2.44. The average Bonchev–Trinajstić information content (AvgIpc) is 2.87. The fraction of sp³-hybridized carbons (Fsp3) is 0.630. The first-order chi connectivity index (χ1) is 16.3. The number of methoxy groups -OCH3 is 1. The van der Waals surface area contributed by atoms with E-state index >= 15 is 0 Å². The SMILES string of the molecule is CCCCc1nnc(OC[C@H]2CCNC[C@H]2OC)cc1-c1ccc(OC2CCCCC2)cc1. The largest absolute Gasteiger partial charge is 0.490 e. The molecule has 2 atom stereocenters. The van der Waals surface area contributed by atoms with E-state index in [1.165, 1.54) is 32.1 Å². The Hall–Kier alpha value is -2.18. The molecule has 1 saturated carbocycles. The van der Waals surface area contributed by atoms with Gasteiger partial charge in [-0.3, -0.25) is 0 Å². The van der Waals surface area contributed by atoms with Crippen LogP contribution in [0.3, 0.4) is 0 Å². The molecule has 180 valence electrons. The Bertz CT molecular complexity index is 852. The molecule has 1 aliphatic carbocycles. The lowest BCUT2D eigenvalue weighted by Gasteiger charge is -2.30. The van der Waals surface area contributed by atoms with Crippen LogP contribution in [0.15, 0.2) is 30.3 Å². The number of nitrogens with zero attached hydrogens (tertiary/aromatic N) is 2. The fourth-order valence-corrected chi connectivity index (χ4v) is 4.88. The second kappa shape index (κ2) is 12.3. The standard InChI is InChI=1S/C27H39N3O3/c1-3-4-10-25-24(20-11-13-23(14-12-20)33-22-8-6-5-7-9-22)17-27(30-29-25)32-19-21-15-16-28-18-26(21)31-2/h11-14,17,21-22,26,28H,3-10,15-16,18-19H2,1-2H3/t21-,26-/m1/s1. The lowest BCUT2D eigenvalue weighted by molar-refractivity contribution is 0.0134. The monoisotopic (exact) mass is 453 g/mol. The van der Waals surface area contributed by atoms with Crippen LogP contribution in [0.4, 0.5) is 0 Å². The highest BCUT2D eigenvalue weighted by Crippen LogP contribution is 2.30. The predicted octanol–water partition coefficient (Wildman–Crippen LogP) is 5.20. The number of ether oxygens (including phenoxy) is 3. The summed E-state index contributed by atoms with van der Waals surface area (Å²) in [6.45, 7) is 4.66. The average molecular weight is 454 g/mol. The predicted molar refractivity (Wildman–Crippen MR) is 131 cm³/mol. The van der Waals surface area contributed by atoms with Gasteiger partial charge in [-0.05, 0) is 69.2 Å². The van der Waals surface area contributed by atoms with Crippen molar-refractivity contribution in [1.29, 1.82) is 0 Å². The molecule has 0 spiro atoms. The quantitative estimate of drug-likeness (QED) is 0.533. The van der Waals surface area contributed by atoms with Crippen molar-refractivity contribution in [2.24, 2.45) is 5.92 Å². The topological polar surface area (TPSA) is 65.5 Å². The van der Waals surface area contributed by atoms with Gasteiger partial charge in [0.1, 0.15) is 5.75 Å². The van der Waals surface area contributed by atoms with Gasteiger partial charge < -0.3 is 19.5 Å².